The number of alkyl halides is 1. The summed E-state index contributed by atoms with van der Waals surface area (Å²) in [4.78, 5) is 0.809. The molecule has 4 unspecified atom stereocenters. The van der Waals surface area contributed by atoms with E-state index in [9.17, 15) is 0 Å². The van der Waals surface area contributed by atoms with Crippen LogP contribution in [-0.4, -0.2) is 17.9 Å². The van der Waals surface area contributed by atoms with Crippen LogP contribution in [-0.2, 0) is 0 Å². The lowest BCUT2D eigenvalue weighted by Crippen LogP contribution is -2.55. The Labute approximate surface area is 108 Å². The van der Waals surface area contributed by atoms with Gasteiger partial charge in [-0.05, 0) is 75.7 Å². The van der Waals surface area contributed by atoms with Gasteiger partial charge in [-0.2, -0.15) is 0 Å². The molecule has 0 radical (unpaired) electrons. The molecule has 0 aliphatic heterocycles. The predicted molar refractivity (Wildman–Crippen MR) is 71.8 cm³/mol. The van der Waals surface area contributed by atoms with Gasteiger partial charge in [0, 0.05) is 10.9 Å². The first kappa shape index (κ1) is 11.5. The molecule has 0 aromatic rings. The smallest absolute Gasteiger partial charge is 0.0231 e. The number of hydrogen-bond acceptors (Lipinski definition) is 1. The minimum Gasteiger partial charge on any atom is -0.317 e. The molecular weight excluding hydrogens is 262 g/mol. The summed E-state index contributed by atoms with van der Waals surface area (Å²) in [6, 6.07) is 0.677. The third-order valence-corrected chi connectivity index (χ3v) is 7.25. The Morgan fingerprint density at radius 3 is 2.44 bits per heavy atom. The standard InChI is InChI=1S/C14H24BrN/c1-9(16-2)6-14-7-10-3-11(8-14)5-12(4-10)13(14)15/h9-13,16H,3-8H2,1-2H3. The van der Waals surface area contributed by atoms with Crippen LogP contribution in [0.25, 0.3) is 0 Å². The van der Waals surface area contributed by atoms with Gasteiger partial charge in [0.2, 0.25) is 0 Å². The van der Waals surface area contributed by atoms with Crippen molar-refractivity contribution in [1.82, 2.24) is 5.32 Å². The predicted octanol–water partition coefficient (Wildman–Crippen LogP) is 3.57. The van der Waals surface area contributed by atoms with E-state index in [1.54, 1.807) is 6.42 Å². The van der Waals surface area contributed by atoms with E-state index in [1.807, 2.05) is 0 Å². The van der Waals surface area contributed by atoms with Crippen LogP contribution < -0.4 is 5.32 Å². The van der Waals surface area contributed by atoms with Crippen molar-refractivity contribution in [3.63, 3.8) is 0 Å². The zero-order valence-electron chi connectivity index (χ0n) is 10.5. The molecule has 2 heteroatoms. The van der Waals surface area contributed by atoms with Crippen molar-refractivity contribution in [3.8, 4) is 0 Å². The van der Waals surface area contributed by atoms with Crippen molar-refractivity contribution in [2.45, 2.75) is 56.3 Å². The summed E-state index contributed by atoms with van der Waals surface area (Å²) in [5.41, 5.74) is 0.636. The Hall–Kier alpha value is 0.440. The van der Waals surface area contributed by atoms with E-state index in [1.165, 1.54) is 32.1 Å². The van der Waals surface area contributed by atoms with E-state index in [-0.39, 0.29) is 0 Å². The molecule has 4 saturated carbocycles. The van der Waals surface area contributed by atoms with Gasteiger partial charge in [-0.1, -0.05) is 15.9 Å². The quantitative estimate of drug-likeness (QED) is 0.782. The van der Waals surface area contributed by atoms with Gasteiger partial charge in [-0.25, -0.2) is 0 Å². The number of hydrogen-bond donors (Lipinski definition) is 1. The fourth-order valence-corrected chi connectivity index (χ4v) is 6.13. The van der Waals surface area contributed by atoms with Crippen LogP contribution in [0.15, 0.2) is 0 Å². The molecule has 92 valence electrons. The van der Waals surface area contributed by atoms with Crippen molar-refractivity contribution in [2.24, 2.45) is 23.2 Å². The molecule has 4 rings (SSSR count). The van der Waals surface area contributed by atoms with Crippen LogP contribution >= 0.6 is 15.9 Å². The summed E-state index contributed by atoms with van der Waals surface area (Å²) in [5.74, 6) is 3.13. The summed E-state index contributed by atoms with van der Waals surface area (Å²) < 4.78 is 0. The average molecular weight is 286 g/mol. The van der Waals surface area contributed by atoms with E-state index < -0.39 is 0 Å². The van der Waals surface area contributed by atoms with E-state index in [0.29, 0.717) is 11.5 Å². The maximum atomic E-state index is 4.07. The second-order valence-electron chi connectivity index (χ2n) is 6.77. The summed E-state index contributed by atoms with van der Waals surface area (Å²) >= 11 is 4.07. The molecule has 4 aliphatic carbocycles. The van der Waals surface area contributed by atoms with Crippen LogP contribution in [0.3, 0.4) is 0 Å². The first-order chi connectivity index (χ1) is 7.63. The van der Waals surface area contributed by atoms with Crippen molar-refractivity contribution in [3.05, 3.63) is 0 Å². The summed E-state index contributed by atoms with van der Waals surface area (Å²) in [6.07, 6.45) is 8.96. The van der Waals surface area contributed by atoms with Gasteiger partial charge in [0.05, 0.1) is 0 Å². The summed E-state index contributed by atoms with van der Waals surface area (Å²) in [6.45, 7) is 2.35. The van der Waals surface area contributed by atoms with Crippen molar-refractivity contribution >= 4 is 15.9 Å². The molecule has 0 aromatic carbocycles. The molecule has 4 atom stereocenters. The molecule has 1 N–H and O–H groups in total. The maximum absolute atomic E-state index is 4.07. The molecule has 0 spiro atoms. The van der Waals surface area contributed by atoms with Crippen molar-refractivity contribution in [1.29, 1.82) is 0 Å². The van der Waals surface area contributed by atoms with Gasteiger partial charge in [0.1, 0.15) is 0 Å². The molecule has 16 heavy (non-hydrogen) atoms. The largest absolute Gasteiger partial charge is 0.317 e. The number of rotatable bonds is 3. The van der Waals surface area contributed by atoms with Gasteiger partial charge in [0.15, 0.2) is 0 Å². The number of halogens is 1. The topological polar surface area (TPSA) is 12.0 Å². The molecule has 4 aliphatic rings. The first-order valence-electron chi connectivity index (χ1n) is 6.94. The van der Waals surface area contributed by atoms with Crippen LogP contribution in [0.4, 0.5) is 0 Å². The fourth-order valence-electron chi connectivity index (χ4n) is 5.14. The molecule has 0 amide bonds. The van der Waals surface area contributed by atoms with Crippen LogP contribution in [0.1, 0.15) is 45.4 Å². The normalized spacial score (nSPS) is 51.9. The zero-order valence-corrected chi connectivity index (χ0v) is 12.1. The number of nitrogens with one attached hydrogen (secondary N) is 1. The fraction of sp³-hybridized carbons (Fsp3) is 1.00. The molecule has 4 fully saturated rings. The molecular formula is C14H24BrN. The minimum absolute atomic E-state index is 0.636. The van der Waals surface area contributed by atoms with Crippen molar-refractivity contribution < 1.29 is 0 Å². The molecule has 0 saturated heterocycles. The lowest BCUT2D eigenvalue weighted by atomic mass is 9.48. The maximum Gasteiger partial charge on any atom is 0.0231 e. The minimum atomic E-state index is 0.636. The zero-order chi connectivity index (χ0) is 11.3. The van der Waals surface area contributed by atoms with Gasteiger partial charge in [-0.3, -0.25) is 0 Å². The Morgan fingerprint density at radius 1 is 1.25 bits per heavy atom. The summed E-state index contributed by atoms with van der Waals surface area (Å²) in [7, 11) is 2.11. The molecule has 1 nitrogen and oxygen atoms in total. The highest BCUT2D eigenvalue weighted by molar-refractivity contribution is 9.09. The van der Waals surface area contributed by atoms with E-state index in [4.69, 9.17) is 0 Å². The monoisotopic (exact) mass is 285 g/mol. The van der Waals surface area contributed by atoms with E-state index in [2.05, 4.69) is 35.2 Å². The molecule has 0 heterocycles. The third kappa shape index (κ3) is 1.68. The second-order valence-corrected chi connectivity index (χ2v) is 7.75. The lowest BCUT2D eigenvalue weighted by molar-refractivity contribution is -0.0512. The first-order valence-corrected chi connectivity index (χ1v) is 7.86. The highest BCUT2D eigenvalue weighted by atomic mass is 79.9. The summed E-state index contributed by atoms with van der Waals surface area (Å²) in [5, 5.41) is 3.44. The molecule has 4 bridgehead atoms. The Morgan fingerprint density at radius 2 is 1.88 bits per heavy atom. The Balaban J connectivity index is 1.82. The van der Waals surface area contributed by atoms with Gasteiger partial charge >= 0.3 is 0 Å². The van der Waals surface area contributed by atoms with Gasteiger partial charge in [0.25, 0.3) is 0 Å². The SMILES string of the molecule is CNC(C)CC12CC3CC(CC(C3)C1Br)C2. The van der Waals surface area contributed by atoms with E-state index in [0.717, 1.165) is 22.6 Å². The Kier molecular flexibility index (Phi) is 2.87. The Bertz CT molecular complexity index is 264. The van der Waals surface area contributed by atoms with E-state index >= 15 is 0 Å². The highest BCUT2D eigenvalue weighted by Gasteiger charge is 2.56. The van der Waals surface area contributed by atoms with Gasteiger partial charge < -0.3 is 5.32 Å². The molecule has 0 aromatic heterocycles. The van der Waals surface area contributed by atoms with Crippen LogP contribution in [0, 0.1) is 23.2 Å². The van der Waals surface area contributed by atoms with Gasteiger partial charge in [-0.15, -0.1) is 0 Å². The third-order valence-electron chi connectivity index (χ3n) is 5.53. The lowest BCUT2D eigenvalue weighted by Gasteiger charge is -2.60. The highest BCUT2D eigenvalue weighted by Crippen LogP contribution is 2.63. The second kappa shape index (κ2) is 3.98. The van der Waals surface area contributed by atoms with Crippen LogP contribution in [0.2, 0.25) is 0 Å². The van der Waals surface area contributed by atoms with Crippen molar-refractivity contribution in [2.75, 3.05) is 7.05 Å². The van der Waals surface area contributed by atoms with Crippen LogP contribution in [0.5, 0.6) is 0 Å². The average Bonchev–Trinajstić information content (AvgIpc) is 2.24.